The molecule has 43 heavy (non-hydrogen) atoms. The zero-order valence-electron chi connectivity index (χ0n) is 25.9. The Balaban J connectivity index is 0.000000248. The first-order chi connectivity index (χ1) is 20.3. The Morgan fingerprint density at radius 1 is 0.837 bits per heavy atom. The number of halogens is 3. The molecule has 2 aliphatic heterocycles. The number of hydrogen-bond acceptors (Lipinski definition) is 9. The second-order valence-corrected chi connectivity index (χ2v) is 12.8. The van der Waals surface area contributed by atoms with E-state index in [1.54, 1.807) is 36.0 Å². The number of nitrogens with zero attached hydrogens (tertiary/aromatic N) is 7. The third-order valence-electron chi connectivity index (χ3n) is 6.98. The summed E-state index contributed by atoms with van der Waals surface area (Å²) in [4.78, 5) is 40.5. The van der Waals surface area contributed by atoms with E-state index >= 15 is 0 Å². The summed E-state index contributed by atoms with van der Waals surface area (Å²) in [5.41, 5.74) is 5.61. The van der Waals surface area contributed by atoms with Crippen LogP contribution in [0.3, 0.4) is 0 Å². The van der Waals surface area contributed by atoms with Gasteiger partial charge in [0.25, 0.3) is 0 Å². The molecule has 2 unspecified atom stereocenters. The van der Waals surface area contributed by atoms with Crippen LogP contribution in [0.25, 0.3) is 0 Å². The number of hydrogen-bond donors (Lipinski definition) is 1. The number of hydrazone groups is 2. The van der Waals surface area contributed by atoms with E-state index in [9.17, 15) is 9.59 Å². The highest BCUT2D eigenvalue weighted by atomic mass is 35.5. The van der Waals surface area contributed by atoms with Gasteiger partial charge >= 0.3 is 0 Å². The Bertz CT molecular complexity index is 1210. The van der Waals surface area contributed by atoms with Crippen LogP contribution in [0, 0.1) is 24.7 Å². The molecule has 2 aromatic rings. The fourth-order valence-electron chi connectivity index (χ4n) is 4.09. The average Bonchev–Trinajstić information content (AvgIpc) is 3.69. The van der Waals surface area contributed by atoms with E-state index in [-0.39, 0.29) is 23.2 Å². The molecule has 0 saturated heterocycles. The van der Waals surface area contributed by atoms with Crippen LogP contribution in [0.1, 0.15) is 101 Å². The Kier molecular flexibility index (Phi) is 14.9. The Morgan fingerprint density at radius 2 is 1.40 bits per heavy atom. The summed E-state index contributed by atoms with van der Waals surface area (Å²) in [6, 6.07) is 0.0685. The van der Waals surface area contributed by atoms with Crippen LogP contribution in [-0.4, -0.2) is 60.3 Å². The molecule has 2 atom stereocenters. The van der Waals surface area contributed by atoms with E-state index in [0.717, 1.165) is 54.9 Å². The fraction of sp³-hybridized carbons (Fsp3) is 0.600. The van der Waals surface area contributed by atoms with Crippen molar-refractivity contribution in [1.82, 2.24) is 30.4 Å². The Labute approximate surface area is 270 Å². The van der Waals surface area contributed by atoms with Crippen molar-refractivity contribution in [3.05, 3.63) is 47.6 Å². The number of aryl methyl sites for hydroxylation is 2. The minimum atomic E-state index is -0.479. The average molecular weight is 654 g/mol. The van der Waals surface area contributed by atoms with E-state index < -0.39 is 10.8 Å². The molecule has 0 radical (unpaired) electrons. The first-order valence-electron chi connectivity index (χ1n) is 14.3. The molecular formula is C30H43Cl3N8O2. The van der Waals surface area contributed by atoms with Crippen molar-refractivity contribution in [3.8, 4) is 0 Å². The number of nitrogens with one attached hydrogen (secondary N) is 1. The number of aromatic nitrogens is 4. The predicted octanol–water partition coefficient (Wildman–Crippen LogP) is 6.69. The van der Waals surface area contributed by atoms with Gasteiger partial charge in [0.2, 0.25) is 11.1 Å². The van der Waals surface area contributed by atoms with Crippen LogP contribution in [0.5, 0.6) is 0 Å². The van der Waals surface area contributed by atoms with Crippen molar-refractivity contribution in [3.63, 3.8) is 0 Å². The molecule has 1 N–H and O–H groups in total. The lowest BCUT2D eigenvalue weighted by atomic mass is 9.86. The quantitative estimate of drug-likeness (QED) is 0.224. The van der Waals surface area contributed by atoms with Crippen molar-refractivity contribution in [2.45, 2.75) is 92.2 Å². The SMILES string of the molecule is CC(C)(CCCCl)C(=O)Cl.Cc1cnc(C2CC=NN2)cn1.Cc1cnc(C2CC=NN2C(=O)C(C)(C)CCCCl)cn1. The molecule has 0 fully saturated rings. The van der Waals surface area contributed by atoms with Crippen molar-refractivity contribution in [2.75, 3.05) is 11.8 Å². The molecule has 0 spiro atoms. The Morgan fingerprint density at radius 3 is 1.86 bits per heavy atom. The second-order valence-electron chi connectivity index (χ2n) is 11.7. The topological polar surface area (TPSA) is 126 Å². The standard InChI is InChI=1S/C15H21ClN4O.C8H10N4.C7H12Cl2O/c1-11-9-18-12(10-17-11)13-5-8-19-20(13)14(21)15(2,3)6-4-7-16;1-6-4-10-8(5-9-6)7-2-3-11-12-7;1-7(2,6(9)10)4-3-5-8/h8-10,13H,4-7H2,1-3H3;3-5,7,12H,2H2,1H3;3-5H2,1-2H3. The third-order valence-corrected chi connectivity index (χ3v) is 8.03. The van der Waals surface area contributed by atoms with Gasteiger partial charge in [0, 0.05) is 60.3 Å². The van der Waals surface area contributed by atoms with Crippen LogP contribution in [-0.2, 0) is 9.59 Å². The van der Waals surface area contributed by atoms with Crippen LogP contribution >= 0.6 is 34.8 Å². The second kappa shape index (κ2) is 17.6. The predicted molar refractivity (Wildman–Crippen MR) is 174 cm³/mol. The van der Waals surface area contributed by atoms with Crippen LogP contribution in [0.4, 0.5) is 0 Å². The van der Waals surface area contributed by atoms with Crippen LogP contribution in [0.15, 0.2) is 35.0 Å². The summed E-state index contributed by atoms with van der Waals surface area (Å²) in [6.07, 6.45) is 15.4. The minimum absolute atomic E-state index is 0.00809. The highest BCUT2D eigenvalue weighted by Crippen LogP contribution is 2.34. The van der Waals surface area contributed by atoms with Gasteiger partial charge in [-0.05, 0) is 51.1 Å². The number of amides is 1. The van der Waals surface area contributed by atoms with E-state index in [1.165, 1.54) is 0 Å². The number of carbonyl (C=O) groups excluding carboxylic acids is 2. The van der Waals surface area contributed by atoms with Crippen molar-refractivity contribution < 1.29 is 9.59 Å². The lowest BCUT2D eigenvalue weighted by molar-refractivity contribution is -0.142. The number of carbonyl (C=O) groups is 2. The van der Waals surface area contributed by atoms with Gasteiger partial charge < -0.3 is 5.43 Å². The molecule has 2 aliphatic rings. The van der Waals surface area contributed by atoms with Gasteiger partial charge in [-0.3, -0.25) is 29.5 Å². The molecule has 0 aromatic carbocycles. The fourth-order valence-corrected chi connectivity index (χ4v) is 4.45. The molecule has 236 valence electrons. The maximum absolute atomic E-state index is 12.7. The first kappa shape index (κ1) is 36.5. The maximum atomic E-state index is 12.7. The lowest BCUT2D eigenvalue weighted by Gasteiger charge is -2.30. The van der Waals surface area contributed by atoms with Gasteiger partial charge in [-0.25, -0.2) is 5.01 Å². The van der Waals surface area contributed by atoms with Crippen LogP contribution < -0.4 is 5.43 Å². The molecule has 4 heterocycles. The molecule has 4 rings (SSSR count). The molecule has 10 nitrogen and oxygen atoms in total. The first-order valence-corrected chi connectivity index (χ1v) is 15.8. The van der Waals surface area contributed by atoms with Gasteiger partial charge in [0.15, 0.2) is 0 Å². The smallest absolute Gasteiger partial charge is 0.248 e. The monoisotopic (exact) mass is 652 g/mol. The number of rotatable bonds is 10. The summed E-state index contributed by atoms with van der Waals surface area (Å²) in [7, 11) is 0. The van der Waals surface area contributed by atoms with Crippen molar-refractivity contribution in [2.24, 2.45) is 21.0 Å². The maximum Gasteiger partial charge on any atom is 0.248 e. The minimum Gasteiger partial charge on any atom is -0.301 e. The molecule has 2 aromatic heterocycles. The molecule has 0 saturated carbocycles. The zero-order chi connectivity index (χ0) is 32.0. The van der Waals surface area contributed by atoms with Gasteiger partial charge in [0.1, 0.15) is 6.04 Å². The van der Waals surface area contributed by atoms with E-state index in [1.807, 2.05) is 47.8 Å². The summed E-state index contributed by atoms with van der Waals surface area (Å²) in [6.45, 7) is 11.3. The Hall–Kier alpha value is -2.69. The highest BCUT2D eigenvalue weighted by molar-refractivity contribution is 6.64. The normalized spacial score (nSPS) is 17.5. The summed E-state index contributed by atoms with van der Waals surface area (Å²) < 4.78 is 0. The van der Waals surface area contributed by atoms with Crippen molar-refractivity contribution in [1.29, 1.82) is 0 Å². The van der Waals surface area contributed by atoms with E-state index in [2.05, 4.69) is 35.6 Å². The van der Waals surface area contributed by atoms with Gasteiger partial charge in [-0.15, -0.1) is 23.2 Å². The zero-order valence-corrected chi connectivity index (χ0v) is 28.1. The summed E-state index contributed by atoms with van der Waals surface area (Å²) in [5, 5.41) is 9.44. The van der Waals surface area contributed by atoms with Gasteiger partial charge in [0.05, 0.1) is 41.2 Å². The van der Waals surface area contributed by atoms with Crippen LogP contribution in [0.2, 0.25) is 0 Å². The molecular weight excluding hydrogens is 611 g/mol. The molecule has 13 heteroatoms. The number of alkyl halides is 2. The van der Waals surface area contributed by atoms with E-state index in [0.29, 0.717) is 18.2 Å². The molecule has 0 bridgehead atoms. The summed E-state index contributed by atoms with van der Waals surface area (Å²) >= 11 is 16.5. The molecule has 0 aliphatic carbocycles. The highest BCUT2D eigenvalue weighted by Gasteiger charge is 2.38. The van der Waals surface area contributed by atoms with Gasteiger partial charge in [-0.1, -0.05) is 27.7 Å². The summed E-state index contributed by atoms with van der Waals surface area (Å²) in [5.74, 6) is 1.16. The molecule has 1 amide bonds. The van der Waals surface area contributed by atoms with Gasteiger partial charge in [-0.2, -0.15) is 10.2 Å². The van der Waals surface area contributed by atoms with E-state index in [4.69, 9.17) is 34.8 Å². The van der Waals surface area contributed by atoms with Crippen molar-refractivity contribution >= 4 is 58.4 Å². The lowest BCUT2D eigenvalue weighted by Crippen LogP contribution is -2.38. The largest absolute Gasteiger partial charge is 0.301 e. The third kappa shape index (κ3) is 11.7.